The van der Waals surface area contributed by atoms with Gasteiger partial charge in [-0.2, -0.15) is 0 Å². The first-order chi connectivity index (χ1) is 1.73. The van der Waals surface area contributed by atoms with Crippen molar-refractivity contribution in [2.45, 2.75) is 0 Å². The Morgan fingerprint density at radius 1 is 1.33 bits per heavy atom. The van der Waals surface area contributed by atoms with E-state index in [2.05, 4.69) is 0 Å². The van der Waals surface area contributed by atoms with Gasteiger partial charge in [-0.15, -0.1) is 0 Å². The topological polar surface area (TPSA) is 63.2 Å². The normalized spacial score (nSPS) is 4.00. The Hall–Kier alpha value is 0.517. The summed E-state index contributed by atoms with van der Waals surface area (Å²) in [6.07, 6.45) is -2.33. The van der Waals surface area contributed by atoms with Crippen LogP contribution in [0.3, 0.4) is 0 Å². The van der Waals surface area contributed by atoms with Gasteiger partial charge >= 0.3 is 19.5 Å². The van der Waals surface area contributed by atoms with Crippen LogP contribution in [0.4, 0.5) is 4.79 Å². The maximum atomic E-state index is 8.33. The van der Waals surface area contributed by atoms with Gasteiger partial charge in [-0.1, -0.05) is 0 Å². The van der Waals surface area contributed by atoms with E-state index >= 15 is 0 Å². The molecule has 0 aliphatic carbocycles. The van der Waals surface area contributed by atoms with Gasteiger partial charge in [0.25, 0.3) is 0 Å². The van der Waals surface area contributed by atoms with Crippen LogP contribution in [0.15, 0.2) is 0 Å². The van der Waals surface area contributed by atoms with Crippen LogP contribution in [0.5, 0.6) is 0 Å². The Labute approximate surface area is 60.3 Å². The molecule has 0 amide bonds. The monoisotopic (exact) mass is 188 g/mol. The van der Waals surface area contributed by atoms with Crippen LogP contribution in [-0.4, -0.2) is 6.16 Å². The predicted molar refractivity (Wildman–Crippen MR) is 5.40 cm³/mol. The van der Waals surface area contributed by atoms with Gasteiger partial charge < -0.3 is 15.0 Å². The van der Waals surface area contributed by atoms with E-state index in [-0.39, 0.29) is 39.0 Å². The van der Waals surface area contributed by atoms with Crippen LogP contribution in [0.1, 0.15) is 0 Å². The number of hydrogen-bond acceptors (Lipinski definition) is 3. The molecule has 0 aromatic heterocycles. The van der Waals surface area contributed by atoms with Crippen LogP contribution in [-0.2, 0) is 39.0 Å². The summed E-state index contributed by atoms with van der Waals surface area (Å²) in [4.78, 5) is 8.33. The summed E-state index contributed by atoms with van der Waals surface area (Å²) >= 11 is 0. The van der Waals surface area contributed by atoms with Crippen molar-refractivity contribution in [2.24, 2.45) is 0 Å². The van der Waals surface area contributed by atoms with Crippen molar-refractivity contribution >= 4 is 6.16 Å². The quantitative estimate of drug-likeness (QED) is 0.399. The van der Waals surface area contributed by atoms with Gasteiger partial charge in [0.2, 0.25) is 0 Å². The number of carbonyl (C=O) groups excluding carboxylic acids is 1. The minimum atomic E-state index is -2.33. The standard InChI is InChI=1S/CH2O3.2Zn/c2-1(3)4;;/h(H2,2,3,4);;/q;;+2/p-2. The molecular weight excluding hydrogens is 191 g/mol. The Morgan fingerprint density at radius 2 is 1.33 bits per heavy atom. The summed E-state index contributed by atoms with van der Waals surface area (Å²) in [5.74, 6) is 0. The van der Waals surface area contributed by atoms with Gasteiger partial charge in [0.15, 0.2) is 0 Å². The molecule has 0 saturated carbocycles. The molecule has 26 valence electrons. The summed E-state index contributed by atoms with van der Waals surface area (Å²) < 4.78 is 0. The zero-order chi connectivity index (χ0) is 3.58. The zero-order valence-corrected chi connectivity index (χ0v) is 9.07. The molecule has 3 nitrogen and oxygen atoms in total. The summed E-state index contributed by atoms with van der Waals surface area (Å²) in [6.45, 7) is 0. The molecule has 0 bridgehead atoms. The number of carboxylic acid groups (broad SMARTS) is 2. The molecule has 0 aliphatic heterocycles. The molecule has 0 atom stereocenters. The van der Waals surface area contributed by atoms with Crippen LogP contribution < -0.4 is 10.2 Å². The average molecular weight is 191 g/mol. The molecule has 0 rings (SSSR count). The van der Waals surface area contributed by atoms with E-state index in [4.69, 9.17) is 15.0 Å². The Kier molecular flexibility index (Phi) is 24.3. The Bertz CT molecular complexity index is 31.8. The van der Waals surface area contributed by atoms with Crippen LogP contribution in [0.2, 0.25) is 0 Å². The second-order valence-corrected chi connectivity index (χ2v) is 0.250. The first kappa shape index (κ1) is 16.0. The van der Waals surface area contributed by atoms with E-state index < -0.39 is 6.16 Å². The third-order valence-electron chi connectivity index (χ3n) is 0. The molecule has 0 radical (unpaired) electrons. The predicted octanol–water partition coefficient (Wildman–Crippen LogP) is -2.45. The largest absolute Gasteiger partial charge is 2.00 e. The Morgan fingerprint density at radius 3 is 1.33 bits per heavy atom. The second kappa shape index (κ2) is 9.10. The smallest absolute Gasteiger partial charge is 0.652 e. The van der Waals surface area contributed by atoms with E-state index in [1.54, 1.807) is 0 Å². The van der Waals surface area contributed by atoms with Gasteiger partial charge in [-0.3, -0.25) is 0 Å². The van der Waals surface area contributed by atoms with E-state index in [1.165, 1.54) is 0 Å². The van der Waals surface area contributed by atoms with Crippen molar-refractivity contribution in [3.8, 4) is 0 Å². The fourth-order valence-electron chi connectivity index (χ4n) is 0. The number of hydrogen-bond donors (Lipinski definition) is 0. The van der Waals surface area contributed by atoms with Gasteiger partial charge in [0.1, 0.15) is 0 Å². The molecular formula is CO3Zn2. The average Bonchev–Trinajstić information content (AvgIpc) is 0.811. The van der Waals surface area contributed by atoms with Gasteiger partial charge in [0, 0.05) is 19.5 Å². The molecule has 0 N–H and O–H groups in total. The third kappa shape index (κ3) is 209. The fraction of sp³-hybridized carbons (Fsp3) is 0. The first-order valence-electron chi connectivity index (χ1n) is 0.612. The fourth-order valence-corrected chi connectivity index (χ4v) is 0. The van der Waals surface area contributed by atoms with Crippen molar-refractivity contribution in [1.29, 1.82) is 0 Å². The van der Waals surface area contributed by atoms with Crippen LogP contribution in [0, 0.1) is 0 Å². The van der Waals surface area contributed by atoms with Crippen LogP contribution >= 0.6 is 0 Å². The molecule has 0 heterocycles. The molecule has 0 aromatic rings. The second-order valence-electron chi connectivity index (χ2n) is 0.250. The molecule has 0 saturated heterocycles. The molecule has 0 aromatic carbocycles. The maximum absolute atomic E-state index is 8.33. The van der Waals surface area contributed by atoms with Crippen molar-refractivity contribution in [1.82, 2.24) is 0 Å². The Balaban J connectivity index is -0.0000000450. The molecule has 0 spiro atoms. The summed E-state index contributed by atoms with van der Waals surface area (Å²) in [6, 6.07) is 0. The maximum Gasteiger partial charge on any atom is 2.00 e. The first-order valence-corrected chi connectivity index (χ1v) is 0.612. The third-order valence-corrected chi connectivity index (χ3v) is 0. The van der Waals surface area contributed by atoms with Gasteiger partial charge in [-0.05, 0) is 6.16 Å². The van der Waals surface area contributed by atoms with E-state index in [0.717, 1.165) is 0 Å². The van der Waals surface area contributed by atoms with Crippen molar-refractivity contribution < 1.29 is 54.0 Å². The molecule has 6 heavy (non-hydrogen) atoms. The molecule has 0 unspecified atom stereocenters. The molecule has 5 heteroatoms. The number of rotatable bonds is 0. The minimum Gasteiger partial charge on any atom is -0.652 e. The van der Waals surface area contributed by atoms with E-state index in [0.29, 0.717) is 0 Å². The molecule has 0 fully saturated rings. The minimum absolute atomic E-state index is 0. The summed E-state index contributed by atoms with van der Waals surface area (Å²) in [7, 11) is 0. The van der Waals surface area contributed by atoms with Crippen LogP contribution in [0.25, 0.3) is 0 Å². The van der Waals surface area contributed by atoms with Gasteiger partial charge in [-0.25, -0.2) is 0 Å². The number of carbonyl (C=O) groups is 1. The van der Waals surface area contributed by atoms with E-state index in [1.807, 2.05) is 0 Å². The zero-order valence-electron chi connectivity index (χ0n) is 3.14. The van der Waals surface area contributed by atoms with Crippen molar-refractivity contribution in [3.63, 3.8) is 0 Å². The van der Waals surface area contributed by atoms with Gasteiger partial charge in [0.05, 0.1) is 0 Å². The van der Waals surface area contributed by atoms with Crippen molar-refractivity contribution in [2.75, 3.05) is 0 Å². The molecule has 0 aliphatic rings. The summed E-state index contributed by atoms with van der Waals surface area (Å²) in [5.41, 5.74) is 0. The van der Waals surface area contributed by atoms with Crippen molar-refractivity contribution in [3.05, 3.63) is 0 Å². The summed E-state index contributed by atoms with van der Waals surface area (Å²) in [5, 5.41) is 16.7. The SMILES string of the molecule is O=C([O-])[O-].[Zn+2].[Zn]. The van der Waals surface area contributed by atoms with E-state index in [9.17, 15) is 0 Å².